The van der Waals surface area contributed by atoms with Gasteiger partial charge in [-0.2, -0.15) is 4.99 Å². The number of amides is 2. The molecule has 2 aromatic carbocycles. The first kappa shape index (κ1) is 22.2. The minimum Gasteiger partial charge on any atom is -0.451 e. The first-order valence-electron chi connectivity index (χ1n) is 8.92. The maximum Gasteiger partial charge on any atom is 0.435 e. The van der Waals surface area contributed by atoms with E-state index in [4.69, 9.17) is 0 Å². The molecule has 0 saturated heterocycles. The van der Waals surface area contributed by atoms with Crippen LogP contribution in [0.3, 0.4) is 0 Å². The van der Waals surface area contributed by atoms with Crippen LogP contribution in [0.2, 0.25) is 0 Å². The van der Waals surface area contributed by atoms with E-state index in [1.165, 1.54) is 25.8 Å². The summed E-state index contributed by atoms with van der Waals surface area (Å²) in [5.74, 6) is -0.427. The van der Waals surface area contributed by atoms with Crippen LogP contribution in [0.1, 0.15) is 36.7 Å². The Hall–Kier alpha value is -3.13. The number of aliphatic imine (C=N–C) groups is 1. The minimum absolute atomic E-state index is 0.129. The number of ketones is 1. The van der Waals surface area contributed by atoms with Gasteiger partial charge < -0.3 is 15.4 Å². The van der Waals surface area contributed by atoms with Gasteiger partial charge in [0.25, 0.3) is 0 Å². The lowest BCUT2D eigenvalue weighted by atomic mass is 10.0. The summed E-state index contributed by atoms with van der Waals surface area (Å²) in [7, 11) is 1.24. The maximum absolute atomic E-state index is 12.8. The molecule has 0 spiro atoms. The van der Waals surface area contributed by atoms with Gasteiger partial charge in [-0.1, -0.05) is 55.9 Å². The molecule has 29 heavy (non-hydrogen) atoms. The van der Waals surface area contributed by atoms with Crippen molar-refractivity contribution in [2.24, 2.45) is 4.99 Å². The number of benzene rings is 2. The average molecular weight is 413 g/mol. The molecule has 2 N–H and O–H groups in total. The van der Waals surface area contributed by atoms with Gasteiger partial charge in [-0.25, -0.2) is 4.79 Å². The number of thioether (sulfide) groups is 1. The van der Waals surface area contributed by atoms with E-state index in [0.29, 0.717) is 27.7 Å². The summed E-state index contributed by atoms with van der Waals surface area (Å²) < 4.78 is 4.61. The molecule has 0 bridgehead atoms. The van der Waals surface area contributed by atoms with Gasteiger partial charge in [-0.15, -0.1) is 0 Å². The fraction of sp³-hybridized carbons (Fsp3) is 0.238. The number of hydrogen-bond acceptors (Lipinski definition) is 5. The first-order chi connectivity index (χ1) is 13.8. The Labute approximate surface area is 173 Å². The normalized spacial score (nSPS) is 11.1. The summed E-state index contributed by atoms with van der Waals surface area (Å²) in [6.07, 6.45) is -0.752. The maximum atomic E-state index is 12.8. The third-order valence-corrected chi connectivity index (χ3v) is 4.47. The van der Waals surface area contributed by atoms with E-state index in [1.54, 1.807) is 42.5 Å². The smallest absolute Gasteiger partial charge is 0.435 e. The second-order valence-corrected chi connectivity index (χ2v) is 7.88. The molecular weight excluding hydrogens is 390 g/mol. The van der Waals surface area contributed by atoms with Gasteiger partial charge >= 0.3 is 6.09 Å². The molecule has 0 fully saturated rings. The van der Waals surface area contributed by atoms with Crippen LogP contribution in [0.15, 0.2) is 53.5 Å². The van der Waals surface area contributed by atoms with Gasteiger partial charge in [-0.3, -0.25) is 9.59 Å². The number of nitrogens with zero attached hydrogens (tertiary/aromatic N) is 1. The molecule has 152 valence electrons. The molecule has 2 amide bonds. The monoisotopic (exact) mass is 413 g/mol. The topological polar surface area (TPSA) is 96.9 Å². The van der Waals surface area contributed by atoms with E-state index in [9.17, 15) is 14.4 Å². The zero-order chi connectivity index (χ0) is 21.4. The molecule has 0 heterocycles. The van der Waals surface area contributed by atoms with Gasteiger partial charge in [0.2, 0.25) is 5.91 Å². The van der Waals surface area contributed by atoms with Crippen molar-refractivity contribution in [3.8, 4) is 0 Å². The summed E-state index contributed by atoms with van der Waals surface area (Å²) in [6, 6.07) is 13.8. The Morgan fingerprint density at radius 1 is 0.966 bits per heavy atom. The van der Waals surface area contributed by atoms with Crippen molar-refractivity contribution in [2.45, 2.75) is 26.0 Å². The Morgan fingerprint density at radius 2 is 1.66 bits per heavy atom. The second kappa shape index (κ2) is 10.4. The lowest BCUT2D eigenvalue weighted by molar-refractivity contribution is -0.114. The highest BCUT2D eigenvalue weighted by Crippen LogP contribution is 2.27. The minimum atomic E-state index is -0.752. The summed E-state index contributed by atoms with van der Waals surface area (Å²) >= 11 is 1.32. The highest BCUT2D eigenvalue weighted by molar-refractivity contribution is 8.14. The molecule has 0 unspecified atom stereocenters. The van der Waals surface area contributed by atoms with Crippen LogP contribution in [-0.2, 0) is 9.53 Å². The van der Waals surface area contributed by atoms with Crippen LogP contribution in [0.4, 0.5) is 16.2 Å². The quantitative estimate of drug-likeness (QED) is 0.424. The van der Waals surface area contributed by atoms with Crippen LogP contribution in [0.25, 0.3) is 0 Å². The highest BCUT2D eigenvalue weighted by atomic mass is 32.2. The lowest BCUT2D eigenvalue weighted by Gasteiger charge is -2.16. The first-order valence-corrected chi connectivity index (χ1v) is 9.79. The van der Waals surface area contributed by atoms with Gasteiger partial charge in [0.15, 0.2) is 11.0 Å². The molecule has 0 radical (unpaired) electrons. The number of carbonyl (C=O) groups excluding carboxylic acids is 3. The molecule has 8 heteroatoms. The Kier molecular flexibility index (Phi) is 7.97. The van der Waals surface area contributed by atoms with Crippen LogP contribution in [0.5, 0.6) is 0 Å². The molecule has 0 aliphatic carbocycles. The van der Waals surface area contributed by atoms with Crippen molar-refractivity contribution < 1.29 is 19.1 Å². The number of nitrogens with one attached hydrogen (secondary N) is 2. The zero-order valence-corrected chi connectivity index (χ0v) is 17.5. The molecule has 2 aromatic rings. The number of anilines is 2. The van der Waals surface area contributed by atoms with E-state index in [2.05, 4.69) is 20.4 Å². The van der Waals surface area contributed by atoms with Crippen LogP contribution in [0, 0.1) is 0 Å². The Balaban J connectivity index is 2.45. The molecule has 7 nitrogen and oxygen atoms in total. The number of hydrogen-bond donors (Lipinski definition) is 2. The van der Waals surface area contributed by atoms with Crippen molar-refractivity contribution in [3.63, 3.8) is 0 Å². The third-order valence-electron chi connectivity index (χ3n) is 3.58. The summed E-state index contributed by atoms with van der Waals surface area (Å²) in [6.45, 7) is 5.28. The van der Waals surface area contributed by atoms with E-state index < -0.39 is 6.09 Å². The summed E-state index contributed by atoms with van der Waals surface area (Å²) in [5.41, 5.74) is 1.88. The Morgan fingerprint density at radius 3 is 2.24 bits per heavy atom. The summed E-state index contributed by atoms with van der Waals surface area (Å²) in [5, 5.41) is 6.18. The van der Waals surface area contributed by atoms with E-state index >= 15 is 0 Å². The number of methoxy groups -OCH3 is 1. The number of ether oxygens (including phenoxy) is 1. The zero-order valence-electron chi connectivity index (χ0n) is 16.7. The van der Waals surface area contributed by atoms with Crippen LogP contribution < -0.4 is 10.6 Å². The van der Waals surface area contributed by atoms with Gasteiger partial charge in [-0.05, 0) is 18.2 Å². The summed E-state index contributed by atoms with van der Waals surface area (Å²) in [4.78, 5) is 39.9. The largest absolute Gasteiger partial charge is 0.451 e. The average Bonchev–Trinajstić information content (AvgIpc) is 2.68. The van der Waals surface area contributed by atoms with Gasteiger partial charge in [0.05, 0.1) is 18.5 Å². The standard InChI is InChI=1S/C21H23N3O4S/c1-13(2)29-20(24-21(27)28-4)23-18-12-16(10-11-17(18)22-14(3)25)19(26)15-8-6-5-7-9-15/h5-13H,1-4H3,(H,22,25)(H,23,24,27). The molecule has 0 atom stereocenters. The molecule has 2 rings (SSSR count). The van der Waals surface area contributed by atoms with Crippen molar-refractivity contribution in [1.82, 2.24) is 0 Å². The second-order valence-electron chi connectivity index (χ2n) is 6.32. The van der Waals surface area contributed by atoms with E-state index in [0.717, 1.165) is 0 Å². The fourth-order valence-corrected chi connectivity index (χ4v) is 3.14. The molecular formula is C21H23N3O4S. The fourth-order valence-electron chi connectivity index (χ4n) is 2.39. The van der Waals surface area contributed by atoms with Crippen LogP contribution >= 0.6 is 11.8 Å². The van der Waals surface area contributed by atoms with Crippen molar-refractivity contribution in [1.29, 1.82) is 0 Å². The number of amidine groups is 1. The molecule has 0 aliphatic rings. The Bertz CT molecular complexity index is 927. The molecule has 0 aromatic heterocycles. The number of rotatable bonds is 5. The predicted molar refractivity (Wildman–Crippen MR) is 117 cm³/mol. The van der Waals surface area contributed by atoms with Crippen molar-refractivity contribution in [2.75, 3.05) is 17.7 Å². The SMILES string of the molecule is COC(=O)/N=C(/Nc1cc(C(=O)c2ccccc2)ccc1NC(C)=O)SC(C)C. The lowest BCUT2D eigenvalue weighted by Crippen LogP contribution is -2.16. The highest BCUT2D eigenvalue weighted by Gasteiger charge is 2.15. The van der Waals surface area contributed by atoms with Crippen molar-refractivity contribution >= 4 is 46.1 Å². The van der Waals surface area contributed by atoms with Crippen molar-refractivity contribution in [3.05, 3.63) is 59.7 Å². The van der Waals surface area contributed by atoms with Gasteiger partial charge in [0.1, 0.15) is 0 Å². The predicted octanol–water partition coefficient (Wildman–Crippen LogP) is 4.55. The van der Waals surface area contributed by atoms with E-state index in [-0.39, 0.29) is 16.9 Å². The molecule has 0 saturated carbocycles. The third kappa shape index (κ3) is 6.76. The van der Waals surface area contributed by atoms with Gasteiger partial charge in [0, 0.05) is 23.3 Å². The number of carbonyl (C=O) groups is 3. The van der Waals surface area contributed by atoms with E-state index in [1.807, 2.05) is 19.9 Å². The molecule has 0 aliphatic heterocycles. The van der Waals surface area contributed by atoms with Crippen LogP contribution in [-0.4, -0.2) is 35.3 Å².